The third-order valence-corrected chi connectivity index (χ3v) is 3.28. The van der Waals surface area contributed by atoms with Crippen LogP contribution in [0.1, 0.15) is 51.9 Å². The maximum Gasteiger partial charge on any atom is -0.00187 e. The van der Waals surface area contributed by atoms with Crippen molar-refractivity contribution < 1.29 is 0 Å². The summed E-state index contributed by atoms with van der Waals surface area (Å²) in [5, 5.41) is 3.38. The summed E-state index contributed by atoms with van der Waals surface area (Å²) >= 11 is 0. The van der Waals surface area contributed by atoms with Gasteiger partial charge in [0.2, 0.25) is 0 Å². The summed E-state index contributed by atoms with van der Waals surface area (Å²) in [6.45, 7) is 8.57. The van der Waals surface area contributed by atoms with E-state index in [9.17, 15) is 0 Å². The molecular formula is C13H28N2. The third kappa shape index (κ3) is 6.91. The highest BCUT2D eigenvalue weighted by molar-refractivity contribution is 4.64. The predicted octanol–water partition coefficient (Wildman–Crippen LogP) is 2.64. The van der Waals surface area contributed by atoms with E-state index in [4.69, 9.17) is 0 Å². The summed E-state index contributed by atoms with van der Waals surface area (Å²) in [6, 6.07) is 0. The number of nitrogens with one attached hydrogen (secondary N) is 1. The number of hydrogen-bond donors (Lipinski definition) is 1. The van der Waals surface area contributed by atoms with Crippen LogP contribution in [0.3, 0.4) is 0 Å². The van der Waals surface area contributed by atoms with Gasteiger partial charge in [-0.25, -0.2) is 0 Å². The van der Waals surface area contributed by atoms with Crippen molar-refractivity contribution in [2.75, 3.05) is 32.7 Å². The molecule has 0 aromatic carbocycles. The zero-order chi connectivity index (χ0) is 10.8. The molecule has 2 heteroatoms. The monoisotopic (exact) mass is 212 g/mol. The van der Waals surface area contributed by atoms with Crippen molar-refractivity contribution in [1.82, 2.24) is 10.2 Å². The van der Waals surface area contributed by atoms with Crippen LogP contribution < -0.4 is 5.32 Å². The van der Waals surface area contributed by atoms with Crippen LogP contribution in [0.15, 0.2) is 0 Å². The summed E-state index contributed by atoms with van der Waals surface area (Å²) in [7, 11) is 0. The Kier molecular flexibility index (Phi) is 7.94. The van der Waals surface area contributed by atoms with Crippen LogP contribution in [-0.2, 0) is 0 Å². The summed E-state index contributed by atoms with van der Waals surface area (Å²) < 4.78 is 0. The average Bonchev–Trinajstić information content (AvgIpc) is 2.29. The topological polar surface area (TPSA) is 15.3 Å². The molecule has 0 unspecified atom stereocenters. The lowest BCUT2D eigenvalue weighted by Gasteiger charge is -2.26. The Labute approximate surface area is 95.4 Å². The van der Waals surface area contributed by atoms with Gasteiger partial charge in [0.1, 0.15) is 0 Å². The van der Waals surface area contributed by atoms with Crippen molar-refractivity contribution in [2.24, 2.45) is 0 Å². The Morgan fingerprint density at radius 3 is 2.40 bits per heavy atom. The predicted molar refractivity (Wildman–Crippen MR) is 67.3 cm³/mol. The van der Waals surface area contributed by atoms with E-state index in [0.717, 1.165) is 6.54 Å². The van der Waals surface area contributed by atoms with E-state index in [-0.39, 0.29) is 0 Å². The molecule has 0 aromatic heterocycles. The van der Waals surface area contributed by atoms with Crippen LogP contribution in [-0.4, -0.2) is 37.6 Å². The fraction of sp³-hybridized carbons (Fsp3) is 1.00. The van der Waals surface area contributed by atoms with E-state index in [1.165, 1.54) is 71.1 Å². The fourth-order valence-electron chi connectivity index (χ4n) is 2.30. The molecule has 0 aromatic rings. The number of hydrogen-bond acceptors (Lipinski definition) is 2. The van der Waals surface area contributed by atoms with Gasteiger partial charge in [-0.3, -0.25) is 0 Å². The van der Waals surface area contributed by atoms with Gasteiger partial charge in [0.25, 0.3) is 0 Å². The smallest absolute Gasteiger partial charge is 0.00187 e. The lowest BCUT2D eigenvalue weighted by Crippen LogP contribution is -2.30. The molecule has 1 aliphatic heterocycles. The molecule has 2 nitrogen and oxygen atoms in total. The van der Waals surface area contributed by atoms with E-state index in [0.29, 0.717) is 0 Å². The molecule has 1 heterocycles. The first-order valence-electron chi connectivity index (χ1n) is 6.86. The average molecular weight is 212 g/mol. The highest BCUT2D eigenvalue weighted by Gasteiger charge is 2.08. The van der Waals surface area contributed by atoms with Gasteiger partial charge in [-0.15, -0.1) is 0 Å². The number of nitrogens with zero attached hydrogens (tertiary/aromatic N) is 1. The van der Waals surface area contributed by atoms with E-state index in [1.54, 1.807) is 0 Å². The second-order valence-corrected chi connectivity index (χ2v) is 4.67. The second-order valence-electron chi connectivity index (χ2n) is 4.67. The highest BCUT2D eigenvalue weighted by atomic mass is 15.1. The van der Waals surface area contributed by atoms with Gasteiger partial charge >= 0.3 is 0 Å². The first kappa shape index (κ1) is 13.0. The SMILES string of the molecule is CCNCCCCCCN1CCCCC1. The third-order valence-electron chi connectivity index (χ3n) is 3.28. The standard InChI is InChI=1S/C13H28N2/c1-2-14-10-6-3-4-7-11-15-12-8-5-9-13-15/h14H,2-13H2,1H3. The van der Waals surface area contributed by atoms with Gasteiger partial charge in [0.15, 0.2) is 0 Å². The minimum atomic E-state index is 1.12. The van der Waals surface area contributed by atoms with Crippen LogP contribution >= 0.6 is 0 Å². The van der Waals surface area contributed by atoms with Crippen LogP contribution in [0.25, 0.3) is 0 Å². The number of unbranched alkanes of at least 4 members (excludes halogenated alkanes) is 3. The molecule has 90 valence electrons. The summed E-state index contributed by atoms with van der Waals surface area (Å²) in [5.74, 6) is 0. The molecular weight excluding hydrogens is 184 g/mol. The molecule has 1 N–H and O–H groups in total. The zero-order valence-electron chi connectivity index (χ0n) is 10.4. The van der Waals surface area contributed by atoms with Gasteiger partial charge in [-0.05, 0) is 58.4 Å². The van der Waals surface area contributed by atoms with Crippen LogP contribution in [0.5, 0.6) is 0 Å². The molecule has 0 atom stereocenters. The summed E-state index contributed by atoms with van der Waals surface area (Å²) in [5.41, 5.74) is 0. The molecule has 15 heavy (non-hydrogen) atoms. The molecule has 0 bridgehead atoms. The van der Waals surface area contributed by atoms with Gasteiger partial charge < -0.3 is 10.2 Å². The molecule has 0 spiro atoms. The molecule has 1 aliphatic rings. The summed E-state index contributed by atoms with van der Waals surface area (Å²) in [6.07, 6.45) is 9.91. The minimum Gasteiger partial charge on any atom is -0.317 e. The number of likely N-dealkylation sites (tertiary alicyclic amines) is 1. The lowest BCUT2D eigenvalue weighted by atomic mass is 10.1. The van der Waals surface area contributed by atoms with Gasteiger partial charge in [0, 0.05) is 0 Å². The molecule has 1 rings (SSSR count). The Balaban J connectivity index is 1.79. The molecule has 1 fully saturated rings. The Morgan fingerprint density at radius 1 is 0.933 bits per heavy atom. The molecule has 0 aliphatic carbocycles. The number of rotatable bonds is 8. The lowest BCUT2D eigenvalue weighted by molar-refractivity contribution is 0.224. The van der Waals surface area contributed by atoms with Crippen molar-refractivity contribution in [3.05, 3.63) is 0 Å². The van der Waals surface area contributed by atoms with Crippen molar-refractivity contribution in [2.45, 2.75) is 51.9 Å². The van der Waals surface area contributed by atoms with Crippen LogP contribution in [0.4, 0.5) is 0 Å². The van der Waals surface area contributed by atoms with Crippen LogP contribution in [0, 0.1) is 0 Å². The zero-order valence-corrected chi connectivity index (χ0v) is 10.4. The second kappa shape index (κ2) is 9.17. The maximum atomic E-state index is 3.38. The van der Waals surface area contributed by atoms with Crippen molar-refractivity contribution in [3.63, 3.8) is 0 Å². The molecule has 1 saturated heterocycles. The Bertz CT molecular complexity index is 130. The fourth-order valence-corrected chi connectivity index (χ4v) is 2.30. The van der Waals surface area contributed by atoms with Gasteiger partial charge in [-0.2, -0.15) is 0 Å². The maximum absolute atomic E-state index is 3.38. The van der Waals surface area contributed by atoms with E-state index >= 15 is 0 Å². The van der Waals surface area contributed by atoms with Gasteiger partial charge in [-0.1, -0.05) is 26.2 Å². The van der Waals surface area contributed by atoms with Gasteiger partial charge in [0.05, 0.1) is 0 Å². The summed E-state index contributed by atoms with van der Waals surface area (Å²) in [4.78, 5) is 2.65. The van der Waals surface area contributed by atoms with E-state index < -0.39 is 0 Å². The molecule has 0 amide bonds. The Hall–Kier alpha value is -0.0800. The van der Waals surface area contributed by atoms with Crippen molar-refractivity contribution in [1.29, 1.82) is 0 Å². The van der Waals surface area contributed by atoms with Crippen LogP contribution in [0.2, 0.25) is 0 Å². The minimum absolute atomic E-state index is 1.12. The Morgan fingerprint density at radius 2 is 1.67 bits per heavy atom. The highest BCUT2D eigenvalue weighted by Crippen LogP contribution is 2.10. The van der Waals surface area contributed by atoms with Crippen molar-refractivity contribution in [3.8, 4) is 0 Å². The quantitative estimate of drug-likeness (QED) is 0.622. The first-order valence-corrected chi connectivity index (χ1v) is 6.86. The first-order chi connectivity index (χ1) is 7.43. The van der Waals surface area contributed by atoms with Crippen molar-refractivity contribution >= 4 is 0 Å². The van der Waals surface area contributed by atoms with E-state index in [1.807, 2.05) is 0 Å². The number of piperidine rings is 1. The normalized spacial score (nSPS) is 18.2. The molecule has 0 radical (unpaired) electrons. The molecule has 0 saturated carbocycles. The van der Waals surface area contributed by atoms with E-state index in [2.05, 4.69) is 17.1 Å². The largest absolute Gasteiger partial charge is 0.317 e.